The number of aromatic amines is 1. The third-order valence-corrected chi connectivity index (χ3v) is 3.21. The fourth-order valence-corrected chi connectivity index (χ4v) is 2.00. The molecule has 9 heteroatoms. The number of hydrogen-bond acceptors (Lipinski definition) is 5. The van der Waals surface area contributed by atoms with Crippen LogP contribution in [-0.4, -0.2) is 27.9 Å². The summed E-state index contributed by atoms with van der Waals surface area (Å²) in [7, 11) is 0. The Morgan fingerprint density at radius 2 is 2.00 bits per heavy atom. The Balaban J connectivity index is 2.08. The van der Waals surface area contributed by atoms with Gasteiger partial charge in [0.25, 0.3) is 5.56 Å². The first-order valence-electron chi connectivity index (χ1n) is 6.98. The summed E-state index contributed by atoms with van der Waals surface area (Å²) in [6.45, 7) is 1.47. The highest BCUT2D eigenvalue weighted by Gasteiger charge is 2.29. The zero-order valence-electron chi connectivity index (χ0n) is 12.7. The number of H-pyrrole nitrogens is 1. The maximum absolute atomic E-state index is 12.5. The maximum atomic E-state index is 12.5. The van der Waals surface area contributed by atoms with Crippen LogP contribution in [0.1, 0.15) is 22.4 Å². The molecule has 0 spiro atoms. The normalized spacial score (nSPS) is 11.9. The summed E-state index contributed by atoms with van der Waals surface area (Å²) in [6.07, 6.45) is -2.88. The SMILES string of the molecule is Cc1nc(N/N=C\c2ccc(C(F)(F)F)cc2)[nH]c(=O)c1CCO. The van der Waals surface area contributed by atoms with E-state index in [1.807, 2.05) is 0 Å². The number of benzene rings is 1. The average Bonchev–Trinajstić information content (AvgIpc) is 2.50. The molecule has 1 aromatic heterocycles. The zero-order valence-corrected chi connectivity index (χ0v) is 12.7. The largest absolute Gasteiger partial charge is 0.416 e. The van der Waals surface area contributed by atoms with Crippen molar-refractivity contribution in [2.75, 3.05) is 12.0 Å². The lowest BCUT2D eigenvalue weighted by atomic mass is 10.1. The number of aliphatic hydroxyl groups is 1. The average molecular weight is 340 g/mol. The highest BCUT2D eigenvalue weighted by molar-refractivity contribution is 5.80. The van der Waals surface area contributed by atoms with Crippen molar-refractivity contribution in [2.45, 2.75) is 19.5 Å². The van der Waals surface area contributed by atoms with Crippen LogP contribution in [0.3, 0.4) is 0 Å². The number of alkyl halides is 3. The van der Waals surface area contributed by atoms with Crippen molar-refractivity contribution in [1.82, 2.24) is 9.97 Å². The van der Waals surface area contributed by atoms with E-state index in [2.05, 4.69) is 20.5 Å². The van der Waals surface area contributed by atoms with Gasteiger partial charge in [0.2, 0.25) is 5.95 Å². The molecule has 3 N–H and O–H groups in total. The number of halogens is 3. The first kappa shape index (κ1) is 17.7. The minimum atomic E-state index is -4.38. The summed E-state index contributed by atoms with van der Waals surface area (Å²) in [5.41, 5.74) is 2.67. The summed E-state index contributed by atoms with van der Waals surface area (Å²) in [5, 5.41) is 12.7. The summed E-state index contributed by atoms with van der Waals surface area (Å²) in [5.74, 6) is 0.0994. The zero-order chi connectivity index (χ0) is 17.7. The standard InChI is InChI=1S/C15H15F3N4O2/c1-9-12(6-7-23)13(24)21-14(20-9)22-19-8-10-2-4-11(5-3-10)15(16,17)18/h2-5,8,23H,6-7H2,1H3,(H2,20,21,22,24)/b19-8-. The van der Waals surface area contributed by atoms with E-state index in [9.17, 15) is 18.0 Å². The van der Waals surface area contributed by atoms with Gasteiger partial charge in [-0.05, 0) is 24.6 Å². The molecular weight excluding hydrogens is 325 g/mol. The van der Waals surface area contributed by atoms with Crippen LogP contribution in [0, 0.1) is 6.92 Å². The summed E-state index contributed by atoms with van der Waals surface area (Å²) < 4.78 is 37.4. The number of nitrogens with one attached hydrogen (secondary N) is 2. The van der Waals surface area contributed by atoms with Crippen molar-refractivity contribution in [3.8, 4) is 0 Å². The molecule has 24 heavy (non-hydrogen) atoms. The van der Waals surface area contributed by atoms with E-state index in [1.54, 1.807) is 6.92 Å². The van der Waals surface area contributed by atoms with E-state index in [0.29, 0.717) is 16.8 Å². The monoisotopic (exact) mass is 340 g/mol. The van der Waals surface area contributed by atoms with Crippen LogP contribution in [0.15, 0.2) is 34.2 Å². The number of aryl methyl sites for hydroxylation is 1. The fraction of sp³-hybridized carbons (Fsp3) is 0.267. The van der Waals surface area contributed by atoms with Gasteiger partial charge in [0.1, 0.15) is 0 Å². The van der Waals surface area contributed by atoms with Gasteiger partial charge in [-0.1, -0.05) is 12.1 Å². The summed E-state index contributed by atoms with van der Waals surface area (Å²) >= 11 is 0. The van der Waals surface area contributed by atoms with Crippen LogP contribution in [0.4, 0.5) is 19.1 Å². The van der Waals surface area contributed by atoms with Crippen molar-refractivity contribution < 1.29 is 18.3 Å². The Hall–Kier alpha value is -2.68. The summed E-state index contributed by atoms with van der Waals surface area (Å²) in [6, 6.07) is 4.46. The molecule has 0 atom stereocenters. The molecule has 0 unspecified atom stereocenters. The van der Waals surface area contributed by atoms with Crippen LogP contribution >= 0.6 is 0 Å². The predicted molar refractivity (Wildman–Crippen MR) is 83.0 cm³/mol. The lowest BCUT2D eigenvalue weighted by Gasteiger charge is -2.06. The Bertz CT molecular complexity index is 783. The van der Waals surface area contributed by atoms with Gasteiger partial charge >= 0.3 is 6.18 Å². The highest BCUT2D eigenvalue weighted by Crippen LogP contribution is 2.28. The van der Waals surface area contributed by atoms with E-state index < -0.39 is 11.7 Å². The molecule has 128 valence electrons. The lowest BCUT2D eigenvalue weighted by molar-refractivity contribution is -0.137. The third kappa shape index (κ3) is 4.42. The Labute approximate surface area is 135 Å². The lowest BCUT2D eigenvalue weighted by Crippen LogP contribution is -2.19. The topological polar surface area (TPSA) is 90.4 Å². The molecule has 0 aliphatic rings. The second-order valence-electron chi connectivity index (χ2n) is 4.94. The van der Waals surface area contributed by atoms with Crippen molar-refractivity contribution >= 4 is 12.2 Å². The van der Waals surface area contributed by atoms with E-state index in [0.717, 1.165) is 12.1 Å². The molecule has 0 aliphatic heterocycles. The van der Waals surface area contributed by atoms with Crippen LogP contribution in [0.5, 0.6) is 0 Å². The van der Waals surface area contributed by atoms with Gasteiger partial charge in [-0.3, -0.25) is 9.78 Å². The number of hydrogen-bond donors (Lipinski definition) is 3. The van der Waals surface area contributed by atoms with Crippen molar-refractivity contribution in [3.63, 3.8) is 0 Å². The van der Waals surface area contributed by atoms with Gasteiger partial charge in [0.15, 0.2) is 0 Å². The molecule has 0 radical (unpaired) electrons. The molecule has 2 rings (SSSR count). The molecule has 6 nitrogen and oxygen atoms in total. The van der Waals surface area contributed by atoms with Crippen LogP contribution in [-0.2, 0) is 12.6 Å². The number of aromatic nitrogens is 2. The third-order valence-electron chi connectivity index (χ3n) is 3.21. The van der Waals surface area contributed by atoms with Crippen molar-refractivity contribution in [3.05, 3.63) is 57.0 Å². The van der Waals surface area contributed by atoms with Gasteiger partial charge in [0.05, 0.1) is 17.5 Å². The van der Waals surface area contributed by atoms with Crippen molar-refractivity contribution in [2.24, 2.45) is 5.10 Å². The van der Waals surface area contributed by atoms with Gasteiger partial charge in [-0.25, -0.2) is 10.4 Å². The second kappa shape index (κ2) is 7.26. The molecule has 1 heterocycles. The molecule has 0 bridgehead atoms. The van der Waals surface area contributed by atoms with Gasteiger partial charge < -0.3 is 5.11 Å². The number of aliphatic hydroxyl groups excluding tert-OH is 1. The molecule has 2 aromatic rings. The molecule has 0 fully saturated rings. The fourth-order valence-electron chi connectivity index (χ4n) is 2.00. The van der Waals surface area contributed by atoms with E-state index >= 15 is 0 Å². The minimum absolute atomic E-state index is 0.0994. The van der Waals surface area contributed by atoms with Crippen molar-refractivity contribution in [1.29, 1.82) is 0 Å². The quantitative estimate of drug-likeness (QED) is 0.574. The maximum Gasteiger partial charge on any atom is 0.416 e. The Kier molecular flexibility index (Phi) is 5.35. The van der Waals surface area contributed by atoms with Crippen LogP contribution in [0.2, 0.25) is 0 Å². The van der Waals surface area contributed by atoms with Gasteiger partial charge in [-0.15, -0.1) is 0 Å². The predicted octanol–water partition coefficient (Wildman–Crippen LogP) is 2.08. The Morgan fingerprint density at radius 1 is 1.33 bits per heavy atom. The first-order valence-corrected chi connectivity index (χ1v) is 6.98. The first-order chi connectivity index (χ1) is 11.3. The molecule has 1 aromatic carbocycles. The van der Waals surface area contributed by atoms with Crippen LogP contribution in [0.25, 0.3) is 0 Å². The number of anilines is 1. The molecular formula is C15H15F3N4O2. The smallest absolute Gasteiger partial charge is 0.396 e. The number of rotatable bonds is 5. The van der Waals surface area contributed by atoms with E-state index in [1.165, 1.54) is 18.3 Å². The molecule has 0 saturated carbocycles. The van der Waals surface area contributed by atoms with Gasteiger partial charge in [0, 0.05) is 18.6 Å². The molecule has 0 amide bonds. The van der Waals surface area contributed by atoms with E-state index in [4.69, 9.17) is 5.11 Å². The number of hydrazone groups is 1. The minimum Gasteiger partial charge on any atom is -0.396 e. The number of nitrogens with zero attached hydrogens (tertiary/aromatic N) is 2. The molecule has 0 aliphatic carbocycles. The van der Waals surface area contributed by atoms with E-state index in [-0.39, 0.29) is 24.5 Å². The highest BCUT2D eigenvalue weighted by atomic mass is 19.4. The Morgan fingerprint density at radius 3 is 2.54 bits per heavy atom. The van der Waals surface area contributed by atoms with Crippen LogP contribution < -0.4 is 11.0 Å². The van der Waals surface area contributed by atoms with Gasteiger partial charge in [-0.2, -0.15) is 18.3 Å². The molecule has 0 saturated heterocycles. The summed E-state index contributed by atoms with van der Waals surface area (Å²) in [4.78, 5) is 18.4. The second-order valence-corrected chi connectivity index (χ2v) is 4.94.